The van der Waals surface area contributed by atoms with E-state index < -0.39 is 0 Å². The van der Waals surface area contributed by atoms with Crippen molar-refractivity contribution in [3.8, 4) is 0 Å². The van der Waals surface area contributed by atoms with Crippen LogP contribution in [0.2, 0.25) is 0 Å². The first-order valence-electron chi connectivity index (χ1n) is 5.35. The molecule has 0 unspecified atom stereocenters. The fourth-order valence-corrected chi connectivity index (χ4v) is 2.00. The van der Waals surface area contributed by atoms with Gasteiger partial charge < -0.3 is 5.32 Å². The molecule has 0 bridgehead atoms. The van der Waals surface area contributed by atoms with E-state index in [1.54, 1.807) is 18.6 Å². The molecule has 1 N–H and O–H groups in total. The van der Waals surface area contributed by atoms with Gasteiger partial charge in [0.25, 0.3) is 0 Å². The van der Waals surface area contributed by atoms with Crippen molar-refractivity contribution < 1.29 is 0 Å². The van der Waals surface area contributed by atoms with E-state index in [4.69, 9.17) is 0 Å². The van der Waals surface area contributed by atoms with Crippen LogP contribution in [-0.4, -0.2) is 16.5 Å². The molecule has 0 aromatic carbocycles. The fourth-order valence-electron chi connectivity index (χ4n) is 2.00. The van der Waals surface area contributed by atoms with Crippen molar-refractivity contribution in [3.05, 3.63) is 18.6 Å². The zero-order valence-corrected chi connectivity index (χ0v) is 8.66. The maximum atomic E-state index is 4.20. The van der Waals surface area contributed by atoms with Crippen molar-refractivity contribution in [3.63, 3.8) is 0 Å². The Bertz CT molecular complexity index is 274. The zero-order valence-electron chi connectivity index (χ0n) is 8.66. The Morgan fingerprint density at radius 1 is 1.43 bits per heavy atom. The van der Waals surface area contributed by atoms with E-state index in [0.717, 1.165) is 12.4 Å². The lowest BCUT2D eigenvalue weighted by Gasteiger charge is -2.41. The summed E-state index contributed by atoms with van der Waals surface area (Å²) in [7, 11) is 0. The third-order valence-corrected chi connectivity index (χ3v) is 3.37. The van der Waals surface area contributed by atoms with E-state index in [1.807, 2.05) is 0 Å². The summed E-state index contributed by atoms with van der Waals surface area (Å²) in [6.07, 6.45) is 10.6. The molecule has 0 amide bonds. The van der Waals surface area contributed by atoms with Gasteiger partial charge in [0.05, 0.1) is 6.20 Å². The Balaban J connectivity index is 1.88. The van der Waals surface area contributed by atoms with E-state index >= 15 is 0 Å². The molecule has 0 aliphatic heterocycles. The largest absolute Gasteiger partial charge is 0.368 e. The predicted octanol–water partition coefficient (Wildman–Crippen LogP) is 2.47. The van der Waals surface area contributed by atoms with E-state index in [9.17, 15) is 0 Å². The number of nitrogens with one attached hydrogen (secondary N) is 1. The Labute approximate surface area is 85.0 Å². The van der Waals surface area contributed by atoms with Gasteiger partial charge in [0, 0.05) is 18.9 Å². The second kappa shape index (κ2) is 3.95. The highest BCUT2D eigenvalue weighted by Crippen LogP contribution is 2.43. The van der Waals surface area contributed by atoms with Crippen molar-refractivity contribution in [2.24, 2.45) is 5.41 Å². The van der Waals surface area contributed by atoms with Crippen LogP contribution in [0.25, 0.3) is 0 Å². The summed E-state index contributed by atoms with van der Waals surface area (Å²) >= 11 is 0. The van der Waals surface area contributed by atoms with Gasteiger partial charge in [-0.3, -0.25) is 4.98 Å². The molecular weight excluding hydrogens is 174 g/mol. The lowest BCUT2D eigenvalue weighted by molar-refractivity contribution is 0.145. The van der Waals surface area contributed by atoms with Crippen molar-refractivity contribution >= 4 is 5.82 Å². The molecule has 1 heterocycles. The molecule has 3 heteroatoms. The molecule has 1 aliphatic carbocycles. The van der Waals surface area contributed by atoms with E-state index in [-0.39, 0.29) is 0 Å². The first-order chi connectivity index (χ1) is 6.85. The van der Waals surface area contributed by atoms with Crippen LogP contribution in [0.5, 0.6) is 0 Å². The van der Waals surface area contributed by atoms with Crippen LogP contribution in [0.3, 0.4) is 0 Å². The van der Waals surface area contributed by atoms with Gasteiger partial charge >= 0.3 is 0 Å². The molecule has 14 heavy (non-hydrogen) atoms. The van der Waals surface area contributed by atoms with Gasteiger partial charge in [-0.25, -0.2) is 4.98 Å². The second-order valence-electron chi connectivity index (χ2n) is 4.15. The highest BCUT2D eigenvalue weighted by molar-refractivity contribution is 5.30. The average Bonchev–Trinajstić information content (AvgIpc) is 2.19. The maximum absolute atomic E-state index is 4.20. The van der Waals surface area contributed by atoms with E-state index in [0.29, 0.717) is 5.41 Å². The van der Waals surface area contributed by atoms with Gasteiger partial charge in [-0.2, -0.15) is 0 Å². The minimum atomic E-state index is 0.539. The van der Waals surface area contributed by atoms with Crippen LogP contribution in [0, 0.1) is 5.41 Å². The van der Waals surface area contributed by atoms with Gasteiger partial charge in [-0.1, -0.05) is 13.3 Å². The first-order valence-corrected chi connectivity index (χ1v) is 5.35. The van der Waals surface area contributed by atoms with Gasteiger partial charge in [-0.15, -0.1) is 0 Å². The molecule has 1 aromatic heterocycles. The summed E-state index contributed by atoms with van der Waals surface area (Å²) in [6, 6.07) is 0. The molecular formula is C11H17N3. The normalized spacial score (nSPS) is 18.6. The monoisotopic (exact) mass is 191 g/mol. The number of aromatic nitrogens is 2. The van der Waals surface area contributed by atoms with Crippen LogP contribution in [0.15, 0.2) is 18.6 Å². The summed E-state index contributed by atoms with van der Waals surface area (Å²) in [6.45, 7) is 3.32. The van der Waals surface area contributed by atoms with Gasteiger partial charge in [0.2, 0.25) is 0 Å². The zero-order chi connectivity index (χ0) is 9.86. The van der Waals surface area contributed by atoms with Gasteiger partial charge in [0.1, 0.15) is 5.82 Å². The summed E-state index contributed by atoms with van der Waals surface area (Å²) < 4.78 is 0. The molecule has 0 spiro atoms. The SMILES string of the molecule is CCC1(CNc2cnccn2)CCC1. The van der Waals surface area contributed by atoms with E-state index in [1.165, 1.54) is 25.7 Å². The van der Waals surface area contributed by atoms with Crippen molar-refractivity contribution in [2.45, 2.75) is 32.6 Å². The summed E-state index contributed by atoms with van der Waals surface area (Å²) in [5.41, 5.74) is 0.539. The quantitative estimate of drug-likeness (QED) is 0.794. The molecule has 1 saturated carbocycles. The Hall–Kier alpha value is -1.12. The third kappa shape index (κ3) is 1.86. The lowest BCUT2D eigenvalue weighted by atomic mass is 9.67. The van der Waals surface area contributed by atoms with Crippen molar-refractivity contribution in [1.29, 1.82) is 0 Å². The van der Waals surface area contributed by atoms with Gasteiger partial charge in [-0.05, 0) is 24.7 Å². The first kappa shape index (κ1) is 9.44. The number of nitrogens with zero attached hydrogens (tertiary/aromatic N) is 2. The Morgan fingerprint density at radius 2 is 2.29 bits per heavy atom. The summed E-state index contributed by atoms with van der Waals surface area (Å²) in [5.74, 6) is 0.896. The topological polar surface area (TPSA) is 37.8 Å². The summed E-state index contributed by atoms with van der Waals surface area (Å²) in [5, 5.41) is 3.36. The maximum Gasteiger partial charge on any atom is 0.144 e. The van der Waals surface area contributed by atoms with Crippen LogP contribution >= 0.6 is 0 Å². The number of hydrogen-bond donors (Lipinski definition) is 1. The summed E-state index contributed by atoms with van der Waals surface area (Å²) in [4.78, 5) is 8.23. The highest BCUT2D eigenvalue weighted by Gasteiger charge is 2.34. The molecule has 0 atom stereocenters. The molecule has 1 aromatic rings. The van der Waals surface area contributed by atoms with Gasteiger partial charge in [0.15, 0.2) is 0 Å². The van der Waals surface area contributed by atoms with Crippen LogP contribution in [0.1, 0.15) is 32.6 Å². The Morgan fingerprint density at radius 3 is 2.79 bits per heavy atom. The van der Waals surface area contributed by atoms with E-state index in [2.05, 4.69) is 22.2 Å². The molecule has 76 valence electrons. The molecule has 1 aliphatic rings. The average molecular weight is 191 g/mol. The molecule has 3 nitrogen and oxygen atoms in total. The third-order valence-electron chi connectivity index (χ3n) is 3.37. The Kier molecular flexibility index (Phi) is 2.66. The van der Waals surface area contributed by atoms with Crippen molar-refractivity contribution in [1.82, 2.24) is 9.97 Å². The standard InChI is InChI=1S/C11H17N3/c1-2-11(4-3-5-11)9-14-10-8-12-6-7-13-10/h6-8H,2-5,9H2,1H3,(H,13,14). The number of hydrogen-bond acceptors (Lipinski definition) is 3. The highest BCUT2D eigenvalue weighted by atomic mass is 15.0. The second-order valence-corrected chi connectivity index (χ2v) is 4.15. The molecule has 0 radical (unpaired) electrons. The lowest BCUT2D eigenvalue weighted by Crippen LogP contribution is -2.36. The molecule has 2 rings (SSSR count). The number of anilines is 1. The fraction of sp³-hybridized carbons (Fsp3) is 0.636. The number of rotatable bonds is 4. The van der Waals surface area contributed by atoms with Crippen LogP contribution < -0.4 is 5.32 Å². The molecule has 1 fully saturated rings. The van der Waals surface area contributed by atoms with Crippen LogP contribution in [0.4, 0.5) is 5.82 Å². The smallest absolute Gasteiger partial charge is 0.144 e. The minimum Gasteiger partial charge on any atom is -0.368 e. The van der Waals surface area contributed by atoms with Crippen molar-refractivity contribution in [2.75, 3.05) is 11.9 Å². The molecule has 0 saturated heterocycles. The minimum absolute atomic E-state index is 0.539. The van der Waals surface area contributed by atoms with Crippen LogP contribution in [-0.2, 0) is 0 Å². The predicted molar refractivity (Wildman–Crippen MR) is 57.1 cm³/mol.